The maximum absolute atomic E-state index is 13.9. The molecule has 1 N–H and O–H groups in total. The van der Waals surface area contributed by atoms with Gasteiger partial charge in [-0.2, -0.15) is 9.57 Å². The molecule has 0 unspecified atom stereocenters. The molecule has 0 saturated heterocycles. The molecule has 2 aromatic carbocycles. The molecule has 3 rings (SSSR count). The summed E-state index contributed by atoms with van der Waals surface area (Å²) in [4.78, 5) is 15.4. The van der Waals surface area contributed by atoms with Crippen LogP contribution in [-0.2, 0) is 27.8 Å². The van der Waals surface area contributed by atoms with Crippen LogP contribution >= 0.6 is 11.3 Å². The largest absolute Gasteiger partial charge is 0.495 e. The normalized spacial score (nSPS) is 11.5. The summed E-state index contributed by atoms with van der Waals surface area (Å²) in [5.41, 5.74) is 2.44. The van der Waals surface area contributed by atoms with Crippen molar-refractivity contribution >= 4 is 27.3 Å². The van der Waals surface area contributed by atoms with Crippen molar-refractivity contribution in [1.82, 2.24) is 9.29 Å². The van der Waals surface area contributed by atoms with Gasteiger partial charge in [-0.1, -0.05) is 26.0 Å². The Morgan fingerprint density at radius 2 is 1.97 bits per heavy atom. The summed E-state index contributed by atoms with van der Waals surface area (Å²) >= 11 is 1.42. The van der Waals surface area contributed by atoms with E-state index in [9.17, 15) is 18.5 Å². The third kappa shape index (κ3) is 7.07. The SMILES string of the molecule is COc1ccc(C#N)cc1S(=O)(=O)N(CCc1ccc(C(C)C)cc1OCC(=O)O)Cc1csc(C)n1. The van der Waals surface area contributed by atoms with Gasteiger partial charge in [-0.25, -0.2) is 18.2 Å². The number of aryl methyl sites for hydroxylation is 1. The van der Waals surface area contributed by atoms with E-state index >= 15 is 0 Å². The molecule has 9 nitrogen and oxygen atoms in total. The van der Waals surface area contributed by atoms with Gasteiger partial charge >= 0.3 is 5.97 Å². The van der Waals surface area contributed by atoms with Crippen LogP contribution in [-0.4, -0.2) is 49.0 Å². The predicted octanol–water partition coefficient (Wildman–Crippen LogP) is 4.35. The Kier molecular flexibility index (Phi) is 9.26. The Labute approximate surface area is 221 Å². The van der Waals surface area contributed by atoms with Crippen LogP contribution in [0.15, 0.2) is 46.7 Å². The molecule has 1 aromatic heterocycles. The first-order valence-corrected chi connectivity index (χ1v) is 13.8. The van der Waals surface area contributed by atoms with E-state index in [1.54, 1.807) is 11.4 Å². The number of carbonyl (C=O) groups is 1. The van der Waals surface area contributed by atoms with Gasteiger partial charge in [0.05, 0.1) is 36.0 Å². The highest BCUT2D eigenvalue weighted by Gasteiger charge is 2.29. The van der Waals surface area contributed by atoms with Crippen LogP contribution < -0.4 is 9.47 Å². The Morgan fingerprint density at radius 1 is 1.22 bits per heavy atom. The lowest BCUT2D eigenvalue weighted by atomic mass is 10.00. The molecule has 11 heteroatoms. The molecule has 0 aliphatic rings. The number of thiazole rings is 1. The lowest BCUT2D eigenvalue weighted by Crippen LogP contribution is -2.33. The molecule has 0 atom stereocenters. The fourth-order valence-electron chi connectivity index (χ4n) is 3.69. The van der Waals surface area contributed by atoms with Crippen LogP contribution in [0.1, 0.15) is 47.2 Å². The van der Waals surface area contributed by atoms with Crippen molar-refractivity contribution < 1.29 is 27.8 Å². The minimum atomic E-state index is -4.11. The smallest absolute Gasteiger partial charge is 0.341 e. The minimum absolute atomic E-state index is 0.0159. The van der Waals surface area contributed by atoms with Gasteiger partial charge in [-0.15, -0.1) is 11.3 Å². The van der Waals surface area contributed by atoms with Gasteiger partial charge in [0.25, 0.3) is 0 Å². The molecule has 1 heterocycles. The van der Waals surface area contributed by atoms with Crippen molar-refractivity contribution in [3.05, 3.63) is 69.2 Å². The molecule has 0 bridgehead atoms. The highest BCUT2D eigenvalue weighted by atomic mass is 32.2. The maximum Gasteiger partial charge on any atom is 0.341 e. The number of nitrogens with zero attached hydrogens (tertiary/aromatic N) is 3. The van der Waals surface area contributed by atoms with Gasteiger partial charge in [0.15, 0.2) is 6.61 Å². The molecule has 0 radical (unpaired) electrons. The summed E-state index contributed by atoms with van der Waals surface area (Å²) in [6, 6.07) is 11.8. The van der Waals surface area contributed by atoms with Gasteiger partial charge in [0, 0.05) is 11.9 Å². The van der Waals surface area contributed by atoms with E-state index in [1.165, 1.54) is 41.0 Å². The van der Waals surface area contributed by atoms with Crippen LogP contribution in [0.5, 0.6) is 11.5 Å². The number of hydrogen-bond donors (Lipinski definition) is 1. The standard InChI is InChI=1S/C26H29N3O6S2/c1-17(2)21-7-6-20(24(12-21)35-15-26(30)31)9-10-29(14-22-16-36-18(3)28-22)37(32,33)25-11-19(13-27)5-8-23(25)34-4/h5-8,11-12,16-17H,9-10,14-15H2,1-4H3,(H,30,31). The monoisotopic (exact) mass is 543 g/mol. The minimum Gasteiger partial charge on any atom is -0.495 e. The van der Waals surface area contributed by atoms with Crippen molar-refractivity contribution in [3.63, 3.8) is 0 Å². The summed E-state index contributed by atoms with van der Waals surface area (Å²) in [5.74, 6) is -0.371. The van der Waals surface area contributed by atoms with Crippen LogP contribution in [0.4, 0.5) is 0 Å². The average Bonchev–Trinajstić information content (AvgIpc) is 3.29. The highest BCUT2D eigenvalue weighted by molar-refractivity contribution is 7.89. The molecular formula is C26H29N3O6S2. The molecule has 0 amide bonds. The first-order chi connectivity index (χ1) is 17.5. The van der Waals surface area contributed by atoms with Crippen molar-refractivity contribution in [2.45, 2.75) is 44.6 Å². The number of aromatic nitrogens is 1. The number of carboxylic acids is 1. The summed E-state index contributed by atoms with van der Waals surface area (Å²) < 4.78 is 39.9. The zero-order chi connectivity index (χ0) is 27.2. The molecule has 3 aromatic rings. The van der Waals surface area contributed by atoms with E-state index in [2.05, 4.69) is 4.98 Å². The zero-order valence-electron chi connectivity index (χ0n) is 21.1. The Hall–Kier alpha value is -3.46. The Balaban J connectivity index is 2.00. The molecule has 0 aliphatic heterocycles. The number of benzene rings is 2. The third-order valence-electron chi connectivity index (χ3n) is 5.66. The van der Waals surface area contributed by atoms with Gasteiger partial charge in [0.1, 0.15) is 16.4 Å². The van der Waals surface area contributed by atoms with E-state index in [-0.39, 0.29) is 41.6 Å². The second-order valence-electron chi connectivity index (χ2n) is 8.63. The number of ether oxygens (including phenoxy) is 2. The quantitative estimate of drug-likeness (QED) is 0.357. The maximum atomic E-state index is 13.9. The van der Waals surface area contributed by atoms with Gasteiger partial charge < -0.3 is 14.6 Å². The van der Waals surface area contributed by atoms with E-state index in [0.29, 0.717) is 17.0 Å². The Bertz CT molecular complexity index is 1410. The number of nitriles is 1. The fourth-order valence-corrected chi connectivity index (χ4v) is 5.89. The van der Waals surface area contributed by atoms with E-state index in [0.717, 1.165) is 10.6 Å². The number of aliphatic carboxylic acids is 1. The molecule has 0 saturated carbocycles. The third-order valence-corrected chi connectivity index (χ3v) is 8.34. The molecule has 196 valence electrons. The second kappa shape index (κ2) is 12.2. The van der Waals surface area contributed by atoms with Crippen LogP contribution in [0.2, 0.25) is 0 Å². The van der Waals surface area contributed by atoms with Gasteiger partial charge in [-0.3, -0.25) is 0 Å². The fraction of sp³-hybridized carbons (Fsp3) is 0.346. The number of hydrogen-bond acceptors (Lipinski definition) is 8. The summed E-state index contributed by atoms with van der Waals surface area (Å²) in [6.45, 7) is 5.44. The lowest BCUT2D eigenvalue weighted by Gasteiger charge is -2.23. The van der Waals surface area contributed by atoms with Crippen LogP contribution in [0, 0.1) is 18.3 Å². The molecular weight excluding hydrogens is 514 g/mol. The van der Waals surface area contributed by atoms with Crippen LogP contribution in [0.3, 0.4) is 0 Å². The molecule has 0 aliphatic carbocycles. The van der Waals surface area contributed by atoms with E-state index < -0.39 is 22.6 Å². The highest BCUT2D eigenvalue weighted by Crippen LogP contribution is 2.31. The summed E-state index contributed by atoms with van der Waals surface area (Å²) in [5, 5.41) is 21.1. The van der Waals surface area contributed by atoms with Crippen molar-refractivity contribution in [2.24, 2.45) is 0 Å². The number of methoxy groups -OCH3 is 1. The Morgan fingerprint density at radius 3 is 2.57 bits per heavy atom. The van der Waals surface area contributed by atoms with E-state index in [1.807, 2.05) is 39.0 Å². The average molecular weight is 544 g/mol. The molecule has 0 spiro atoms. The van der Waals surface area contributed by atoms with Crippen molar-refractivity contribution in [3.8, 4) is 17.6 Å². The summed E-state index contributed by atoms with van der Waals surface area (Å²) in [7, 11) is -2.74. The van der Waals surface area contributed by atoms with Gasteiger partial charge in [-0.05, 0) is 54.7 Å². The van der Waals surface area contributed by atoms with E-state index in [4.69, 9.17) is 14.6 Å². The first kappa shape index (κ1) is 28.1. The number of sulfonamides is 1. The number of carboxylic acid groups (broad SMARTS) is 1. The lowest BCUT2D eigenvalue weighted by molar-refractivity contribution is -0.139. The zero-order valence-corrected chi connectivity index (χ0v) is 22.7. The van der Waals surface area contributed by atoms with Crippen molar-refractivity contribution in [1.29, 1.82) is 5.26 Å². The molecule has 0 fully saturated rings. The van der Waals surface area contributed by atoms with Crippen LogP contribution in [0.25, 0.3) is 0 Å². The predicted molar refractivity (Wildman–Crippen MR) is 140 cm³/mol. The topological polar surface area (TPSA) is 130 Å². The summed E-state index contributed by atoms with van der Waals surface area (Å²) in [6.07, 6.45) is 0.260. The number of rotatable bonds is 12. The first-order valence-electron chi connectivity index (χ1n) is 11.5. The van der Waals surface area contributed by atoms with Crippen molar-refractivity contribution in [2.75, 3.05) is 20.3 Å². The van der Waals surface area contributed by atoms with Gasteiger partial charge in [0.2, 0.25) is 10.0 Å². The second-order valence-corrected chi connectivity index (χ2v) is 11.6. The molecule has 37 heavy (non-hydrogen) atoms.